The third-order valence-electron chi connectivity index (χ3n) is 2.72. The standard InChI is InChI=1S/C15H16ClNOS/c1-18-13-3-5-14(6-4-13)19-15-7-2-12(16)10-11(15)8-9-17/h2-7,10H,8-9,17H2,1H3. The van der Waals surface area contributed by atoms with E-state index in [2.05, 4.69) is 0 Å². The number of methoxy groups -OCH3 is 1. The van der Waals surface area contributed by atoms with E-state index in [4.69, 9.17) is 22.1 Å². The minimum atomic E-state index is 0.622. The third-order valence-corrected chi connectivity index (χ3v) is 4.08. The number of benzene rings is 2. The minimum absolute atomic E-state index is 0.622. The van der Waals surface area contributed by atoms with E-state index in [1.54, 1.807) is 18.9 Å². The molecule has 0 aliphatic rings. The summed E-state index contributed by atoms with van der Waals surface area (Å²) in [5.74, 6) is 0.864. The van der Waals surface area contributed by atoms with E-state index >= 15 is 0 Å². The quantitative estimate of drug-likeness (QED) is 0.905. The fourth-order valence-corrected chi connectivity index (χ4v) is 2.92. The van der Waals surface area contributed by atoms with Crippen LogP contribution < -0.4 is 10.5 Å². The van der Waals surface area contributed by atoms with Gasteiger partial charge in [0.1, 0.15) is 5.75 Å². The highest BCUT2D eigenvalue weighted by atomic mass is 35.5. The molecule has 0 saturated heterocycles. The van der Waals surface area contributed by atoms with Crippen LogP contribution in [-0.2, 0) is 6.42 Å². The molecule has 0 aliphatic heterocycles. The topological polar surface area (TPSA) is 35.2 Å². The van der Waals surface area contributed by atoms with Crippen molar-refractivity contribution in [2.24, 2.45) is 5.73 Å². The van der Waals surface area contributed by atoms with E-state index in [1.807, 2.05) is 42.5 Å². The number of hydrogen-bond acceptors (Lipinski definition) is 3. The molecule has 2 aromatic rings. The Morgan fingerprint density at radius 2 is 1.89 bits per heavy atom. The van der Waals surface area contributed by atoms with Crippen molar-refractivity contribution >= 4 is 23.4 Å². The van der Waals surface area contributed by atoms with Crippen LogP contribution in [0.15, 0.2) is 52.3 Å². The molecule has 0 radical (unpaired) electrons. The first-order chi connectivity index (χ1) is 9.22. The summed E-state index contributed by atoms with van der Waals surface area (Å²) in [5.41, 5.74) is 6.83. The Kier molecular flexibility index (Phi) is 5.14. The van der Waals surface area contributed by atoms with Crippen LogP contribution in [0.25, 0.3) is 0 Å². The molecule has 4 heteroatoms. The average molecular weight is 294 g/mol. The van der Waals surface area contributed by atoms with E-state index in [0.29, 0.717) is 6.54 Å². The van der Waals surface area contributed by atoms with Crippen LogP contribution in [-0.4, -0.2) is 13.7 Å². The maximum atomic E-state index is 6.03. The van der Waals surface area contributed by atoms with Gasteiger partial charge in [0.2, 0.25) is 0 Å². The molecule has 0 bridgehead atoms. The second kappa shape index (κ2) is 6.85. The lowest BCUT2D eigenvalue weighted by Crippen LogP contribution is -2.03. The van der Waals surface area contributed by atoms with E-state index in [1.165, 1.54) is 15.4 Å². The molecular weight excluding hydrogens is 278 g/mol. The molecule has 100 valence electrons. The van der Waals surface area contributed by atoms with E-state index in [9.17, 15) is 0 Å². The Bertz CT molecular complexity index is 542. The number of hydrogen-bond donors (Lipinski definition) is 1. The van der Waals surface area contributed by atoms with Crippen LogP contribution >= 0.6 is 23.4 Å². The summed E-state index contributed by atoms with van der Waals surface area (Å²) in [4.78, 5) is 2.36. The van der Waals surface area contributed by atoms with Gasteiger partial charge in [-0.3, -0.25) is 0 Å². The molecule has 0 fully saturated rings. The van der Waals surface area contributed by atoms with Crippen LogP contribution in [0.5, 0.6) is 5.75 Å². The van der Waals surface area contributed by atoms with Crippen molar-refractivity contribution in [1.29, 1.82) is 0 Å². The summed E-state index contributed by atoms with van der Waals surface area (Å²) < 4.78 is 5.15. The highest BCUT2D eigenvalue weighted by molar-refractivity contribution is 7.99. The van der Waals surface area contributed by atoms with Gasteiger partial charge < -0.3 is 10.5 Å². The Morgan fingerprint density at radius 1 is 1.16 bits per heavy atom. The van der Waals surface area contributed by atoms with Crippen LogP contribution in [0.4, 0.5) is 0 Å². The first-order valence-electron chi connectivity index (χ1n) is 6.03. The van der Waals surface area contributed by atoms with Crippen molar-refractivity contribution in [2.45, 2.75) is 16.2 Å². The van der Waals surface area contributed by atoms with Gasteiger partial charge in [-0.15, -0.1) is 0 Å². The number of rotatable bonds is 5. The zero-order valence-corrected chi connectivity index (χ0v) is 12.3. The lowest BCUT2D eigenvalue weighted by molar-refractivity contribution is 0.414. The highest BCUT2D eigenvalue weighted by Gasteiger charge is 2.05. The van der Waals surface area contributed by atoms with Gasteiger partial charge in [-0.05, 0) is 61.0 Å². The molecule has 19 heavy (non-hydrogen) atoms. The van der Waals surface area contributed by atoms with Crippen molar-refractivity contribution in [2.75, 3.05) is 13.7 Å². The van der Waals surface area contributed by atoms with Crippen LogP contribution in [0, 0.1) is 0 Å². The number of nitrogens with two attached hydrogens (primary N) is 1. The molecule has 0 unspecified atom stereocenters. The molecule has 2 rings (SSSR count). The highest BCUT2D eigenvalue weighted by Crippen LogP contribution is 2.33. The molecule has 0 amide bonds. The first-order valence-corrected chi connectivity index (χ1v) is 7.23. The lowest BCUT2D eigenvalue weighted by atomic mass is 10.1. The Balaban J connectivity index is 2.21. The molecule has 0 saturated carbocycles. The summed E-state index contributed by atoms with van der Waals surface area (Å²) in [7, 11) is 1.67. The molecule has 0 atom stereocenters. The van der Waals surface area contributed by atoms with Gasteiger partial charge in [0, 0.05) is 14.8 Å². The summed E-state index contributed by atoms with van der Waals surface area (Å²) >= 11 is 7.74. The van der Waals surface area contributed by atoms with Gasteiger partial charge in [0.15, 0.2) is 0 Å². The van der Waals surface area contributed by atoms with Crippen LogP contribution in [0.3, 0.4) is 0 Å². The summed E-state index contributed by atoms with van der Waals surface area (Å²) in [6.45, 7) is 0.622. The van der Waals surface area contributed by atoms with Crippen molar-refractivity contribution < 1.29 is 4.74 Å². The molecule has 2 nitrogen and oxygen atoms in total. The molecule has 0 spiro atoms. The monoisotopic (exact) mass is 293 g/mol. The second-order valence-corrected chi connectivity index (χ2v) is 5.62. The Labute approximate surface area is 122 Å². The zero-order valence-electron chi connectivity index (χ0n) is 10.7. The Hall–Kier alpha value is -1.16. The molecule has 2 aromatic carbocycles. The van der Waals surface area contributed by atoms with Crippen molar-refractivity contribution in [3.63, 3.8) is 0 Å². The van der Waals surface area contributed by atoms with Crippen molar-refractivity contribution in [1.82, 2.24) is 0 Å². The maximum Gasteiger partial charge on any atom is 0.118 e. The SMILES string of the molecule is COc1ccc(Sc2ccc(Cl)cc2CCN)cc1. The van der Waals surface area contributed by atoms with Crippen molar-refractivity contribution in [3.8, 4) is 5.75 Å². The predicted molar refractivity (Wildman–Crippen MR) is 81.3 cm³/mol. The molecule has 2 N–H and O–H groups in total. The summed E-state index contributed by atoms with van der Waals surface area (Å²) in [5, 5.41) is 0.752. The van der Waals surface area contributed by atoms with E-state index in [0.717, 1.165) is 17.2 Å². The molecule has 0 heterocycles. The largest absolute Gasteiger partial charge is 0.497 e. The van der Waals surface area contributed by atoms with Gasteiger partial charge in [0.05, 0.1) is 7.11 Å². The van der Waals surface area contributed by atoms with Crippen molar-refractivity contribution in [3.05, 3.63) is 53.1 Å². The first kappa shape index (κ1) is 14.3. The smallest absolute Gasteiger partial charge is 0.118 e. The normalized spacial score (nSPS) is 10.5. The fraction of sp³-hybridized carbons (Fsp3) is 0.200. The van der Waals surface area contributed by atoms with Crippen LogP contribution in [0.1, 0.15) is 5.56 Å². The second-order valence-electron chi connectivity index (χ2n) is 4.07. The van der Waals surface area contributed by atoms with Gasteiger partial charge in [0.25, 0.3) is 0 Å². The van der Waals surface area contributed by atoms with Gasteiger partial charge in [-0.2, -0.15) is 0 Å². The Morgan fingerprint density at radius 3 is 2.53 bits per heavy atom. The predicted octanol–water partition coefficient (Wildman–Crippen LogP) is 4.00. The van der Waals surface area contributed by atoms with Gasteiger partial charge in [-0.1, -0.05) is 23.4 Å². The molecule has 0 aliphatic carbocycles. The number of ether oxygens (including phenoxy) is 1. The maximum absolute atomic E-state index is 6.03. The molecule has 0 aromatic heterocycles. The zero-order chi connectivity index (χ0) is 13.7. The van der Waals surface area contributed by atoms with Crippen LogP contribution in [0.2, 0.25) is 5.02 Å². The molecular formula is C15H16ClNOS. The number of halogens is 1. The van der Waals surface area contributed by atoms with E-state index in [-0.39, 0.29) is 0 Å². The van der Waals surface area contributed by atoms with E-state index < -0.39 is 0 Å². The van der Waals surface area contributed by atoms with Gasteiger partial charge >= 0.3 is 0 Å². The van der Waals surface area contributed by atoms with Gasteiger partial charge in [-0.25, -0.2) is 0 Å². The minimum Gasteiger partial charge on any atom is -0.497 e. The summed E-state index contributed by atoms with van der Waals surface area (Å²) in [6.07, 6.45) is 0.832. The lowest BCUT2D eigenvalue weighted by Gasteiger charge is -2.09. The third kappa shape index (κ3) is 3.90. The summed E-state index contributed by atoms with van der Waals surface area (Å²) in [6, 6.07) is 14.0. The fourth-order valence-electron chi connectivity index (χ4n) is 1.77. The average Bonchev–Trinajstić information content (AvgIpc) is 2.43.